The van der Waals surface area contributed by atoms with Gasteiger partial charge in [-0.15, -0.1) is 11.8 Å². The highest BCUT2D eigenvalue weighted by atomic mass is 32.2. The minimum Gasteiger partial charge on any atom is -0.395 e. The Bertz CT molecular complexity index is 724. The van der Waals surface area contributed by atoms with Crippen LogP contribution in [0.4, 0.5) is 11.4 Å². The first-order chi connectivity index (χ1) is 14.6. The summed E-state index contributed by atoms with van der Waals surface area (Å²) in [4.78, 5) is 25.1. The average molecular weight is 454 g/mol. The molecule has 2 rings (SSSR count). The molecule has 1 atom stereocenters. The molecule has 164 valence electrons. The van der Waals surface area contributed by atoms with Gasteiger partial charge in [-0.05, 0) is 36.1 Å². The van der Waals surface area contributed by atoms with Crippen LogP contribution in [0.2, 0.25) is 0 Å². The van der Waals surface area contributed by atoms with Crippen molar-refractivity contribution in [3.05, 3.63) is 35.9 Å². The summed E-state index contributed by atoms with van der Waals surface area (Å²) in [5.41, 5.74) is 1.62. The Balaban J connectivity index is 1.62. The number of benzene rings is 1. The van der Waals surface area contributed by atoms with Crippen LogP contribution in [0.25, 0.3) is 0 Å². The number of aliphatic hydroxyl groups excluding tert-OH is 2. The zero-order valence-corrected chi connectivity index (χ0v) is 18.2. The molecule has 0 aromatic heterocycles. The fourth-order valence-electron chi connectivity index (χ4n) is 2.65. The molecule has 1 aliphatic rings. The zero-order valence-electron chi connectivity index (χ0n) is 16.6. The standard InChI is InChI=1S/C19H27N5O4S2/c25-9-7-24(8-10-26)16-3-1-15(2-4-16)23-21-14-29-12-6-20-13-18(27)22-17-5-11-30-19(17)28/h1-4,6,12,17,20,25-26H,5,7-11,13-14H2,(H,22,27)/b12-6-,23-21+. The molecule has 1 unspecified atom stereocenters. The maximum atomic E-state index is 11.7. The van der Waals surface area contributed by atoms with Gasteiger partial charge in [-0.3, -0.25) is 9.59 Å². The van der Waals surface area contributed by atoms with Crippen LogP contribution in [0.3, 0.4) is 0 Å². The van der Waals surface area contributed by atoms with E-state index in [1.807, 2.05) is 29.2 Å². The molecule has 0 aliphatic carbocycles. The van der Waals surface area contributed by atoms with Gasteiger partial charge in [0.05, 0.1) is 31.5 Å². The highest BCUT2D eigenvalue weighted by Crippen LogP contribution is 2.20. The highest BCUT2D eigenvalue weighted by Gasteiger charge is 2.26. The summed E-state index contributed by atoms with van der Waals surface area (Å²) in [6.07, 6.45) is 2.36. The third-order valence-electron chi connectivity index (χ3n) is 4.09. The first-order valence-corrected chi connectivity index (χ1v) is 11.6. The number of amides is 1. The van der Waals surface area contributed by atoms with Crippen LogP contribution in [0.1, 0.15) is 6.42 Å². The van der Waals surface area contributed by atoms with Crippen LogP contribution in [0.15, 0.2) is 46.1 Å². The van der Waals surface area contributed by atoms with E-state index in [-0.39, 0.29) is 36.8 Å². The number of carbonyl (C=O) groups is 2. The van der Waals surface area contributed by atoms with Crippen molar-refractivity contribution in [2.24, 2.45) is 10.2 Å². The number of anilines is 1. The van der Waals surface area contributed by atoms with Crippen molar-refractivity contribution < 1.29 is 19.8 Å². The molecule has 9 nitrogen and oxygen atoms in total. The molecule has 0 bridgehead atoms. The van der Waals surface area contributed by atoms with Crippen molar-refractivity contribution in [2.45, 2.75) is 12.5 Å². The van der Waals surface area contributed by atoms with Gasteiger partial charge in [-0.1, -0.05) is 11.8 Å². The third kappa shape index (κ3) is 8.74. The maximum Gasteiger partial charge on any atom is 0.239 e. The molecule has 1 saturated heterocycles. The zero-order chi connectivity index (χ0) is 21.6. The van der Waals surface area contributed by atoms with E-state index in [1.165, 1.54) is 23.5 Å². The van der Waals surface area contributed by atoms with Crippen molar-refractivity contribution in [1.82, 2.24) is 10.6 Å². The lowest BCUT2D eigenvalue weighted by atomic mass is 10.2. The lowest BCUT2D eigenvalue weighted by Crippen LogP contribution is -2.41. The van der Waals surface area contributed by atoms with Gasteiger partial charge in [0.2, 0.25) is 11.0 Å². The smallest absolute Gasteiger partial charge is 0.239 e. The molecule has 0 spiro atoms. The Morgan fingerprint density at radius 1 is 1.27 bits per heavy atom. The van der Waals surface area contributed by atoms with Crippen LogP contribution in [0.5, 0.6) is 0 Å². The fraction of sp³-hybridized carbons (Fsp3) is 0.474. The monoisotopic (exact) mass is 453 g/mol. The highest BCUT2D eigenvalue weighted by molar-refractivity contribution is 8.14. The van der Waals surface area contributed by atoms with Gasteiger partial charge in [-0.25, -0.2) is 0 Å². The molecule has 1 aliphatic heterocycles. The second-order valence-electron chi connectivity index (χ2n) is 6.25. The summed E-state index contributed by atoms with van der Waals surface area (Å²) in [5.74, 6) is 0.990. The van der Waals surface area contributed by atoms with E-state index >= 15 is 0 Å². The number of azo groups is 1. The molecule has 4 N–H and O–H groups in total. The number of hydrogen-bond donors (Lipinski definition) is 4. The number of thioether (sulfide) groups is 2. The minimum absolute atomic E-state index is 0.0189. The Morgan fingerprint density at radius 3 is 2.63 bits per heavy atom. The first kappa shape index (κ1) is 24.2. The third-order valence-corrected chi connectivity index (χ3v) is 5.69. The summed E-state index contributed by atoms with van der Waals surface area (Å²) >= 11 is 2.68. The Kier molecular flexibility index (Phi) is 11.3. The van der Waals surface area contributed by atoms with Crippen molar-refractivity contribution in [2.75, 3.05) is 49.4 Å². The molecule has 1 amide bonds. The molecule has 1 aromatic carbocycles. The molecule has 30 heavy (non-hydrogen) atoms. The quantitative estimate of drug-likeness (QED) is 0.261. The maximum absolute atomic E-state index is 11.7. The van der Waals surface area contributed by atoms with E-state index < -0.39 is 0 Å². The summed E-state index contributed by atoms with van der Waals surface area (Å²) in [6, 6.07) is 7.05. The van der Waals surface area contributed by atoms with Crippen molar-refractivity contribution in [3.63, 3.8) is 0 Å². The summed E-state index contributed by atoms with van der Waals surface area (Å²) in [7, 11) is 0. The van der Waals surface area contributed by atoms with Crippen molar-refractivity contribution >= 4 is 45.9 Å². The van der Waals surface area contributed by atoms with Gasteiger partial charge in [0, 0.05) is 30.7 Å². The predicted molar refractivity (Wildman–Crippen MR) is 121 cm³/mol. The lowest BCUT2D eigenvalue weighted by Gasteiger charge is -2.22. The molecular formula is C19H27N5O4S2. The lowest BCUT2D eigenvalue weighted by molar-refractivity contribution is -0.123. The van der Waals surface area contributed by atoms with Crippen LogP contribution in [0, 0.1) is 0 Å². The topological polar surface area (TPSA) is 127 Å². The van der Waals surface area contributed by atoms with E-state index in [1.54, 1.807) is 11.6 Å². The minimum atomic E-state index is -0.357. The normalized spacial score (nSPS) is 16.5. The van der Waals surface area contributed by atoms with E-state index in [2.05, 4.69) is 20.9 Å². The van der Waals surface area contributed by atoms with Gasteiger partial charge in [0.15, 0.2) is 0 Å². The number of carbonyl (C=O) groups excluding carboxylic acids is 2. The van der Waals surface area contributed by atoms with Gasteiger partial charge in [0.25, 0.3) is 0 Å². The van der Waals surface area contributed by atoms with E-state index in [0.717, 1.165) is 11.4 Å². The predicted octanol–water partition coefficient (Wildman–Crippen LogP) is 1.46. The van der Waals surface area contributed by atoms with E-state index in [4.69, 9.17) is 10.2 Å². The Morgan fingerprint density at radius 2 is 2.00 bits per heavy atom. The Labute approximate surface area is 184 Å². The number of aliphatic hydroxyl groups is 2. The van der Waals surface area contributed by atoms with Crippen LogP contribution < -0.4 is 15.5 Å². The molecule has 11 heteroatoms. The summed E-state index contributed by atoms with van der Waals surface area (Å²) in [5, 5.41) is 33.8. The van der Waals surface area contributed by atoms with Crippen LogP contribution >= 0.6 is 23.5 Å². The average Bonchev–Trinajstić information content (AvgIpc) is 3.14. The molecule has 0 radical (unpaired) electrons. The largest absolute Gasteiger partial charge is 0.395 e. The van der Waals surface area contributed by atoms with Gasteiger partial charge in [0.1, 0.15) is 5.88 Å². The van der Waals surface area contributed by atoms with E-state index in [0.29, 0.717) is 31.1 Å². The number of nitrogens with one attached hydrogen (secondary N) is 2. The molecule has 1 fully saturated rings. The molecular weight excluding hydrogens is 426 g/mol. The van der Waals surface area contributed by atoms with Gasteiger partial charge < -0.3 is 25.7 Å². The Hall–Kier alpha value is -2.08. The SMILES string of the molecule is O=C(CN/C=C\SC/N=N/c1ccc(N(CCO)CCO)cc1)NC1CCSC1=O. The van der Waals surface area contributed by atoms with E-state index in [9.17, 15) is 9.59 Å². The second-order valence-corrected chi connectivity index (χ2v) is 8.21. The molecule has 1 heterocycles. The summed E-state index contributed by atoms with van der Waals surface area (Å²) < 4.78 is 0. The number of nitrogens with zero attached hydrogens (tertiary/aromatic N) is 3. The van der Waals surface area contributed by atoms with Crippen molar-refractivity contribution in [3.8, 4) is 0 Å². The molecule has 0 saturated carbocycles. The first-order valence-electron chi connectivity index (χ1n) is 9.54. The van der Waals surface area contributed by atoms with Gasteiger partial charge >= 0.3 is 0 Å². The summed E-state index contributed by atoms with van der Waals surface area (Å²) in [6.45, 7) is 1.06. The second kappa shape index (κ2) is 14.0. The fourth-order valence-corrected chi connectivity index (χ4v) is 3.98. The molecule has 1 aromatic rings. The number of hydrogen-bond acceptors (Lipinski definition) is 10. The van der Waals surface area contributed by atoms with Gasteiger partial charge in [-0.2, -0.15) is 10.2 Å². The van der Waals surface area contributed by atoms with Crippen molar-refractivity contribution in [1.29, 1.82) is 0 Å². The number of rotatable bonds is 13. The van der Waals surface area contributed by atoms with Crippen LogP contribution in [-0.2, 0) is 9.59 Å². The van der Waals surface area contributed by atoms with Crippen LogP contribution in [-0.4, -0.2) is 71.8 Å².